The molecule has 0 aliphatic carbocycles. The van der Waals surface area contributed by atoms with Crippen LogP contribution >= 0.6 is 11.3 Å². The summed E-state index contributed by atoms with van der Waals surface area (Å²) in [5.41, 5.74) is 3.38. The molecule has 0 aliphatic heterocycles. The molecule has 0 unspecified atom stereocenters. The number of benzene rings is 2. The Kier molecular flexibility index (Phi) is 9.06. The quantitative estimate of drug-likeness (QED) is 0.176. The van der Waals surface area contributed by atoms with Gasteiger partial charge in [0.05, 0.1) is 23.4 Å². The lowest BCUT2D eigenvalue weighted by atomic mass is 10.1. The van der Waals surface area contributed by atoms with E-state index < -0.39 is 11.7 Å². The zero-order valence-corrected chi connectivity index (χ0v) is 22.7. The first-order chi connectivity index (χ1) is 18.3. The first-order valence-corrected chi connectivity index (χ1v) is 13.0. The fourth-order valence-corrected chi connectivity index (χ4v) is 4.34. The molecule has 9 heteroatoms. The van der Waals surface area contributed by atoms with E-state index in [1.165, 1.54) is 0 Å². The van der Waals surface area contributed by atoms with Crippen LogP contribution in [0.15, 0.2) is 60.8 Å². The topological polar surface area (TPSA) is 91.8 Å². The van der Waals surface area contributed by atoms with E-state index in [9.17, 15) is 4.79 Å². The summed E-state index contributed by atoms with van der Waals surface area (Å²) in [6, 6.07) is 17.7. The van der Waals surface area contributed by atoms with Crippen LogP contribution in [0.25, 0.3) is 32.9 Å². The summed E-state index contributed by atoms with van der Waals surface area (Å²) >= 11 is 1.62. The second-order valence-corrected chi connectivity index (χ2v) is 10.4. The first kappa shape index (κ1) is 27.3. The van der Waals surface area contributed by atoms with Crippen molar-refractivity contribution < 1.29 is 23.7 Å². The molecule has 0 atom stereocenters. The second-order valence-electron chi connectivity index (χ2n) is 9.37. The maximum atomic E-state index is 11.9. The molecule has 2 aromatic carbocycles. The number of nitrogens with one attached hydrogen (secondary N) is 1. The number of ether oxygens (including phenoxy) is 4. The van der Waals surface area contributed by atoms with Gasteiger partial charge in [0, 0.05) is 18.9 Å². The number of carbonyl (C=O) groups excluding carboxylic acids is 1. The van der Waals surface area contributed by atoms with Gasteiger partial charge in [-0.3, -0.25) is 5.32 Å². The van der Waals surface area contributed by atoms with Gasteiger partial charge in [0.2, 0.25) is 0 Å². The predicted molar refractivity (Wildman–Crippen MR) is 151 cm³/mol. The number of carbonyl (C=O) groups is 1. The van der Waals surface area contributed by atoms with E-state index in [2.05, 4.69) is 34.6 Å². The monoisotopic (exact) mass is 533 g/mol. The van der Waals surface area contributed by atoms with Crippen LogP contribution in [-0.2, 0) is 14.2 Å². The molecule has 8 nitrogen and oxygen atoms in total. The number of rotatable bonds is 10. The lowest BCUT2D eigenvalue weighted by molar-refractivity contribution is -0.00840. The van der Waals surface area contributed by atoms with Crippen LogP contribution in [0.3, 0.4) is 0 Å². The van der Waals surface area contributed by atoms with Crippen LogP contribution < -0.4 is 10.1 Å². The summed E-state index contributed by atoms with van der Waals surface area (Å²) < 4.78 is 22.3. The number of pyridine rings is 1. The highest BCUT2D eigenvalue weighted by Gasteiger charge is 2.16. The summed E-state index contributed by atoms with van der Waals surface area (Å²) in [4.78, 5) is 20.9. The maximum Gasteiger partial charge on any atom is 0.413 e. The highest BCUT2D eigenvalue weighted by molar-refractivity contribution is 7.21. The standard InChI is InChI=1S/C29H31N3O5S/c1-29(2,3)37-28(33)32-26-14-9-21(18-30-26)6-5-20-7-10-22(11-8-20)27-31-24-13-12-23(17-25(24)38-27)36-19-35-16-15-34-4/h5-14,17-18H,15-16,19H2,1-4H3,(H,30,32,33)/b6-5+. The smallest absolute Gasteiger partial charge is 0.413 e. The summed E-state index contributed by atoms with van der Waals surface area (Å²) in [6.07, 6.45) is 5.15. The molecule has 4 rings (SSSR count). The normalized spacial score (nSPS) is 11.7. The largest absolute Gasteiger partial charge is 0.468 e. The van der Waals surface area contributed by atoms with E-state index in [1.54, 1.807) is 30.7 Å². The predicted octanol–water partition coefficient (Wildman–Crippen LogP) is 6.88. The number of hydrogen-bond acceptors (Lipinski definition) is 8. The lowest BCUT2D eigenvalue weighted by Gasteiger charge is -2.19. The maximum absolute atomic E-state index is 11.9. The average Bonchev–Trinajstić information content (AvgIpc) is 3.31. The SMILES string of the molecule is COCCOCOc1ccc2nc(-c3ccc(/C=C/c4ccc(NC(=O)OC(C)(C)C)nc4)cc3)sc2c1. The van der Waals surface area contributed by atoms with Gasteiger partial charge in [-0.1, -0.05) is 36.4 Å². The minimum absolute atomic E-state index is 0.179. The van der Waals surface area contributed by atoms with Gasteiger partial charge < -0.3 is 18.9 Å². The minimum Gasteiger partial charge on any atom is -0.468 e. The summed E-state index contributed by atoms with van der Waals surface area (Å²) in [5.74, 6) is 1.18. The van der Waals surface area contributed by atoms with Crippen LogP contribution in [0.1, 0.15) is 31.9 Å². The molecule has 0 bridgehead atoms. The van der Waals surface area contributed by atoms with Crippen molar-refractivity contribution >= 4 is 45.6 Å². The molecular weight excluding hydrogens is 502 g/mol. The van der Waals surface area contributed by atoms with Gasteiger partial charge in [0.1, 0.15) is 22.2 Å². The van der Waals surface area contributed by atoms with Crippen LogP contribution in [0, 0.1) is 0 Å². The molecule has 2 aromatic heterocycles. The molecule has 1 amide bonds. The number of aromatic nitrogens is 2. The van der Waals surface area contributed by atoms with Crippen molar-refractivity contribution in [3.8, 4) is 16.3 Å². The van der Waals surface area contributed by atoms with E-state index in [0.29, 0.717) is 19.0 Å². The molecule has 2 heterocycles. The molecule has 198 valence electrons. The number of hydrogen-bond donors (Lipinski definition) is 1. The molecule has 0 aliphatic rings. The van der Waals surface area contributed by atoms with Crippen molar-refractivity contribution in [2.45, 2.75) is 26.4 Å². The van der Waals surface area contributed by atoms with Crippen molar-refractivity contribution in [2.24, 2.45) is 0 Å². The van der Waals surface area contributed by atoms with Crippen molar-refractivity contribution in [3.05, 3.63) is 71.9 Å². The molecular formula is C29H31N3O5S. The second kappa shape index (κ2) is 12.6. The minimum atomic E-state index is -0.562. The third kappa shape index (κ3) is 8.11. The van der Waals surface area contributed by atoms with Gasteiger partial charge in [0.15, 0.2) is 6.79 Å². The average molecular weight is 534 g/mol. The van der Waals surface area contributed by atoms with Crippen molar-refractivity contribution in [2.75, 3.05) is 32.4 Å². The highest BCUT2D eigenvalue weighted by atomic mass is 32.1. The Hall–Kier alpha value is -3.79. The van der Waals surface area contributed by atoms with E-state index in [1.807, 2.05) is 57.2 Å². The summed E-state index contributed by atoms with van der Waals surface area (Å²) in [5, 5.41) is 3.58. The third-order valence-electron chi connectivity index (χ3n) is 5.14. The Labute approximate surface area is 226 Å². The zero-order chi connectivity index (χ0) is 27.0. The summed E-state index contributed by atoms with van der Waals surface area (Å²) in [6.45, 7) is 6.65. The molecule has 1 N–H and O–H groups in total. The van der Waals surface area contributed by atoms with Crippen molar-refractivity contribution in [1.82, 2.24) is 9.97 Å². The van der Waals surface area contributed by atoms with Crippen LogP contribution in [0.2, 0.25) is 0 Å². The van der Waals surface area contributed by atoms with Gasteiger partial charge in [-0.2, -0.15) is 0 Å². The van der Waals surface area contributed by atoms with Gasteiger partial charge in [-0.25, -0.2) is 14.8 Å². The number of anilines is 1. The highest BCUT2D eigenvalue weighted by Crippen LogP contribution is 2.32. The van der Waals surface area contributed by atoms with Crippen molar-refractivity contribution in [3.63, 3.8) is 0 Å². The Morgan fingerprint density at radius 3 is 2.47 bits per heavy atom. The number of nitrogens with zero attached hydrogens (tertiary/aromatic N) is 2. The first-order valence-electron chi connectivity index (χ1n) is 12.1. The Bertz CT molecular complexity index is 1380. The fraction of sp³-hybridized carbons (Fsp3) is 0.276. The Morgan fingerprint density at radius 1 is 1.00 bits per heavy atom. The number of amides is 1. The number of thiazole rings is 1. The summed E-state index contributed by atoms with van der Waals surface area (Å²) in [7, 11) is 1.64. The van der Waals surface area contributed by atoms with Crippen LogP contribution in [0.4, 0.5) is 10.6 Å². The molecule has 0 fully saturated rings. The molecule has 0 spiro atoms. The van der Waals surface area contributed by atoms with Crippen LogP contribution in [-0.4, -0.2) is 48.8 Å². The molecule has 4 aromatic rings. The van der Waals surface area contributed by atoms with Gasteiger partial charge in [0.25, 0.3) is 0 Å². The van der Waals surface area contributed by atoms with Gasteiger partial charge in [-0.05, 0) is 62.2 Å². The van der Waals surface area contributed by atoms with E-state index in [-0.39, 0.29) is 6.79 Å². The Balaban J connectivity index is 1.34. The fourth-order valence-electron chi connectivity index (χ4n) is 3.34. The van der Waals surface area contributed by atoms with E-state index >= 15 is 0 Å². The van der Waals surface area contributed by atoms with E-state index in [0.717, 1.165) is 37.7 Å². The third-order valence-corrected chi connectivity index (χ3v) is 6.21. The zero-order valence-electron chi connectivity index (χ0n) is 21.9. The lowest BCUT2D eigenvalue weighted by Crippen LogP contribution is -2.27. The van der Waals surface area contributed by atoms with Gasteiger partial charge >= 0.3 is 6.09 Å². The van der Waals surface area contributed by atoms with Crippen molar-refractivity contribution in [1.29, 1.82) is 0 Å². The molecule has 0 radical (unpaired) electrons. The number of methoxy groups -OCH3 is 1. The van der Waals surface area contributed by atoms with E-state index in [4.69, 9.17) is 23.9 Å². The molecule has 0 saturated heterocycles. The van der Waals surface area contributed by atoms with Crippen LogP contribution in [0.5, 0.6) is 5.75 Å². The number of fused-ring (bicyclic) bond motifs is 1. The molecule has 0 saturated carbocycles. The Morgan fingerprint density at radius 2 is 1.76 bits per heavy atom. The molecule has 38 heavy (non-hydrogen) atoms. The van der Waals surface area contributed by atoms with Gasteiger partial charge in [-0.15, -0.1) is 11.3 Å².